The molecule has 2 rings (SSSR count). The maximum absolute atomic E-state index is 12.5. The van der Waals surface area contributed by atoms with Gasteiger partial charge in [0.2, 0.25) is 5.91 Å². The fraction of sp³-hybridized carbons (Fsp3) is 0.857. The molecule has 1 amide bonds. The monoisotopic (exact) mass is 268 g/mol. The average molecular weight is 268 g/mol. The quantitative estimate of drug-likeness (QED) is 0.799. The molecule has 1 heterocycles. The Bertz CT molecular complexity index is 401. The van der Waals surface area contributed by atoms with Crippen LogP contribution in [0.15, 0.2) is 0 Å². The van der Waals surface area contributed by atoms with Gasteiger partial charge in [-0.2, -0.15) is 0 Å². The number of nitrogens with two attached hydrogens (primary N) is 1. The van der Waals surface area contributed by atoms with Crippen molar-refractivity contribution in [3.8, 4) is 0 Å². The third-order valence-corrected chi connectivity index (χ3v) is 5.01. The number of aliphatic carboxylic acids is 1. The van der Waals surface area contributed by atoms with E-state index in [1.807, 2.05) is 13.8 Å². The number of hydrogen-bond acceptors (Lipinski definition) is 3. The van der Waals surface area contributed by atoms with Crippen molar-refractivity contribution in [3.05, 3.63) is 0 Å². The van der Waals surface area contributed by atoms with Crippen molar-refractivity contribution in [1.82, 2.24) is 4.90 Å². The largest absolute Gasteiger partial charge is 0.481 e. The molecule has 108 valence electrons. The van der Waals surface area contributed by atoms with Gasteiger partial charge >= 0.3 is 5.97 Å². The fourth-order valence-electron chi connectivity index (χ4n) is 3.10. The van der Waals surface area contributed by atoms with Crippen LogP contribution < -0.4 is 5.73 Å². The van der Waals surface area contributed by atoms with Crippen molar-refractivity contribution in [1.29, 1.82) is 0 Å². The first-order chi connectivity index (χ1) is 8.71. The van der Waals surface area contributed by atoms with Crippen molar-refractivity contribution < 1.29 is 14.7 Å². The van der Waals surface area contributed by atoms with Gasteiger partial charge in [0.15, 0.2) is 0 Å². The Labute approximate surface area is 114 Å². The summed E-state index contributed by atoms with van der Waals surface area (Å²) in [6.45, 7) is 6.39. The highest BCUT2D eigenvalue weighted by Crippen LogP contribution is 2.42. The summed E-state index contributed by atoms with van der Waals surface area (Å²) in [4.78, 5) is 25.7. The molecule has 2 aliphatic rings. The molecule has 1 saturated heterocycles. The molecular weight excluding hydrogens is 244 g/mol. The summed E-state index contributed by atoms with van der Waals surface area (Å²) < 4.78 is 0. The number of amides is 1. The number of carbonyl (C=O) groups is 2. The SMILES string of the molecule is CC(C)C1(C(=O)O)CCN(C(=O)C(C)(N)C2CC2)C1. The van der Waals surface area contributed by atoms with Gasteiger partial charge in [-0.1, -0.05) is 13.8 Å². The lowest BCUT2D eigenvalue weighted by molar-refractivity contribution is -0.151. The van der Waals surface area contributed by atoms with Crippen LogP contribution in [0.4, 0.5) is 0 Å². The molecule has 3 N–H and O–H groups in total. The van der Waals surface area contributed by atoms with Gasteiger partial charge in [0.1, 0.15) is 0 Å². The standard InChI is InChI=1S/C14H24N2O3/c1-9(2)14(12(18)19)6-7-16(8-14)11(17)13(3,15)10-4-5-10/h9-10H,4-8,15H2,1-3H3,(H,18,19). The topological polar surface area (TPSA) is 83.6 Å². The van der Waals surface area contributed by atoms with Crippen LogP contribution in [0.2, 0.25) is 0 Å². The van der Waals surface area contributed by atoms with Crippen LogP contribution in [0.1, 0.15) is 40.0 Å². The molecule has 2 unspecified atom stereocenters. The van der Waals surface area contributed by atoms with Crippen LogP contribution in [0.5, 0.6) is 0 Å². The van der Waals surface area contributed by atoms with Crippen LogP contribution >= 0.6 is 0 Å². The zero-order chi connectivity index (χ0) is 14.4. The molecular formula is C14H24N2O3. The van der Waals surface area contributed by atoms with E-state index in [-0.39, 0.29) is 17.7 Å². The smallest absolute Gasteiger partial charge is 0.311 e. The molecule has 0 radical (unpaired) electrons. The zero-order valence-electron chi connectivity index (χ0n) is 12.0. The van der Waals surface area contributed by atoms with Gasteiger partial charge < -0.3 is 15.7 Å². The van der Waals surface area contributed by atoms with Gasteiger partial charge in [-0.15, -0.1) is 0 Å². The summed E-state index contributed by atoms with van der Waals surface area (Å²) in [5, 5.41) is 9.49. The number of rotatable bonds is 4. The number of carboxylic acid groups (broad SMARTS) is 1. The second kappa shape index (κ2) is 4.47. The third-order valence-electron chi connectivity index (χ3n) is 5.01. The van der Waals surface area contributed by atoms with Gasteiger partial charge in [-0.05, 0) is 38.0 Å². The second-order valence-electron chi connectivity index (χ2n) is 6.65. The number of carboxylic acids is 1. The first-order valence-electron chi connectivity index (χ1n) is 7.03. The molecule has 0 spiro atoms. The minimum absolute atomic E-state index is 0.00718. The Balaban J connectivity index is 2.13. The molecule has 0 bridgehead atoms. The lowest BCUT2D eigenvalue weighted by Crippen LogP contribution is -2.55. The van der Waals surface area contributed by atoms with E-state index in [4.69, 9.17) is 5.73 Å². The van der Waals surface area contributed by atoms with E-state index in [0.717, 1.165) is 12.8 Å². The molecule has 1 aliphatic carbocycles. The van der Waals surface area contributed by atoms with Crippen molar-refractivity contribution in [2.75, 3.05) is 13.1 Å². The predicted molar refractivity (Wildman–Crippen MR) is 71.4 cm³/mol. The van der Waals surface area contributed by atoms with Crippen molar-refractivity contribution in [2.45, 2.75) is 45.6 Å². The summed E-state index contributed by atoms with van der Waals surface area (Å²) in [7, 11) is 0. The van der Waals surface area contributed by atoms with Gasteiger partial charge in [0.05, 0.1) is 11.0 Å². The molecule has 0 aromatic rings. The summed E-state index contributed by atoms with van der Waals surface area (Å²) in [6.07, 6.45) is 2.52. The van der Waals surface area contributed by atoms with Gasteiger partial charge in [0, 0.05) is 13.1 Å². The Kier molecular flexibility index (Phi) is 3.37. The maximum atomic E-state index is 12.5. The van der Waals surface area contributed by atoms with E-state index < -0.39 is 16.9 Å². The van der Waals surface area contributed by atoms with E-state index in [2.05, 4.69) is 0 Å². The first-order valence-corrected chi connectivity index (χ1v) is 7.03. The minimum atomic E-state index is -0.828. The molecule has 1 saturated carbocycles. The van der Waals surface area contributed by atoms with Crippen molar-refractivity contribution in [2.24, 2.45) is 23.0 Å². The molecule has 0 aromatic heterocycles. The first kappa shape index (κ1) is 14.3. The van der Waals surface area contributed by atoms with Crippen molar-refractivity contribution >= 4 is 11.9 Å². The number of hydrogen-bond donors (Lipinski definition) is 2. The van der Waals surface area contributed by atoms with E-state index in [9.17, 15) is 14.7 Å². The van der Waals surface area contributed by atoms with Gasteiger partial charge in [-0.25, -0.2) is 0 Å². The van der Waals surface area contributed by atoms with Crippen LogP contribution in [0.25, 0.3) is 0 Å². The van der Waals surface area contributed by atoms with E-state index in [1.54, 1.807) is 11.8 Å². The zero-order valence-corrected chi connectivity index (χ0v) is 12.0. The van der Waals surface area contributed by atoms with Gasteiger partial charge in [-0.3, -0.25) is 9.59 Å². The van der Waals surface area contributed by atoms with Crippen LogP contribution in [-0.2, 0) is 9.59 Å². The van der Waals surface area contributed by atoms with Crippen LogP contribution in [0, 0.1) is 17.3 Å². The van der Waals surface area contributed by atoms with Crippen molar-refractivity contribution in [3.63, 3.8) is 0 Å². The van der Waals surface area contributed by atoms with E-state index >= 15 is 0 Å². The van der Waals surface area contributed by atoms with E-state index in [0.29, 0.717) is 19.5 Å². The number of carbonyl (C=O) groups excluding carboxylic acids is 1. The van der Waals surface area contributed by atoms with Crippen LogP contribution in [-0.4, -0.2) is 40.5 Å². The Morgan fingerprint density at radius 2 is 2.00 bits per heavy atom. The second-order valence-corrected chi connectivity index (χ2v) is 6.65. The molecule has 0 aromatic carbocycles. The van der Waals surface area contributed by atoms with Crippen LogP contribution in [0.3, 0.4) is 0 Å². The van der Waals surface area contributed by atoms with Gasteiger partial charge in [0.25, 0.3) is 0 Å². The summed E-state index contributed by atoms with van der Waals surface area (Å²) in [5.41, 5.74) is 4.51. The Morgan fingerprint density at radius 3 is 2.37 bits per heavy atom. The highest BCUT2D eigenvalue weighted by atomic mass is 16.4. The Morgan fingerprint density at radius 1 is 1.42 bits per heavy atom. The Hall–Kier alpha value is -1.10. The highest BCUT2D eigenvalue weighted by molar-refractivity contribution is 5.88. The molecule has 5 heteroatoms. The molecule has 1 aliphatic heterocycles. The summed E-state index contributed by atoms with van der Waals surface area (Å²) in [6, 6.07) is 0. The number of likely N-dealkylation sites (tertiary alicyclic amines) is 1. The molecule has 2 atom stereocenters. The molecule has 5 nitrogen and oxygen atoms in total. The molecule has 2 fully saturated rings. The summed E-state index contributed by atoms with van der Waals surface area (Å²) >= 11 is 0. The fourth-order valence-corrected chi connectivity index (χ4v) is 3.10. The highest BCUT2D eigenvalue weighted by Gasteiger charge is 2.52. The maximum Gasteiger partial charge on any atom is 0.311 e. The molecule has 19 heavy (non-hydrogen) atoms. The third kappa shape index (κ3) is 2.24. The normalized spacial score (nSPS) is 30.5. The minimum Gasteiger partial charge on any atom is -0.481 e. The van der Waals surface area contributed by atoms with E-state index in [1.165, 1.54) is 0 Å². The summed E-state index contributed by atoms with van der Waals surface area (Å²) in [5.74, 6) is -0.617. The lowest BCUT2D eigenvalue weighted by atomic mass is 9.76. The average Bonchev–Trinajstić information content (AvgIpc) is 3.07. The predicted octanol–water partition coefficient (Wildman–Crippen LogP) is 1.07. The lowest BCUT2D eigenvalue weighted by Gasteiger charge is -2.32. The number of nitrogens with zero attached hydrogens (tertiary/aromatic N) is 1.